The van der Waals surface area contributed by atoms with Crippen molar-refractivity contribution in [2.24, 2.45) is 0 Å². The minimum absolute atomic E-state index is 0.0478. The second kappa shape index (κ2) is 4.94. The van der Waals surface area contributed by atoms with E-state index in [0.29, 0.717) is 0 Å². The van der Waals surface area contributed by atoms with Gasteiger partial charge in [0.05, 0.1) is 23.1 Å². The number of hydrogen-bond acceptors (Lipinski definition) is 3. The first-order chi connectivity index (χ1) is 6.69. The van der Waals surface area contributed by atoms with Crippen LogP contribution in [0, 0.1) is 23.0 Å². The van der Waals surface area contributed by atoms with Gasteiger partial charge >= 0.3 is 0 Å². The fourth-order valence-corrected chi connectivity index (χ4v) is 1.60. The number of thioether (sulfide) groups is 1. The number of benzene rings is 1. The van der Waals surface area contributed by atoms with Crippen molar-refractivity contribution in [3.63, 3.8) is 0 Å². The zero-order valence-corrected chi connectivity index (χ0v) is 7.94. The van der Waals surface area contributed by atoms with E-state index in [1.54, 1.807) is 6.07 Å². The quantitative estimate of drug-likeness (QED) is 0.783. The van der Waals surface area contributed by atoms with E-state index in [0.717, 1.165) is 23.9 Å². The molecule has 0 unspecified atom stereocenters. The number of hydrogen-bond donors (Lipinski definition) is 1. The van der Waals surface area contributed by atoms with Gasteiger partial charge in [0.2, 0.25) is 0 Å². The molecule has 0 fully saturated rings. The van der Waals surface area contributed by atoms with E-state index in [2.05, 4.69) is 0 Å². The third kappa shape index (κ3) is 2.44. The molecule has 0 saturated heterocycles. The molecule has 74 valence electrons. The van der Waals surface area contributed by atoms with Crippen LogP contribution in [-0.4, -0.2) is 17.5 Å². The third-order valence-electron chi connectivity index (χ3n) is 1.47. The van der Waals surface area contributed by atoms with Crippen molar-refractivity contribution in [2.45, 2.75) is 4.90 Å². The van der Waals surface area contributed by atoms with Crippen LogP contribution in [0.15, 0.2) is 17.0 Å². The minimum atomic E-state index is -0.764. The molecular weight excluding hydrogens is 208 g/mol. The summed E-state index contributed by atoms with van der Waals surface area (Å²) in [5, 5.41) is 16.9. The molecule has 0 bridgehead atoms. The zero-order chi connectivity index (χ0) is 10.6. The minimum Gasteiger partial charge on any atom is -0.396 e. The van der Waals surface area contributed by atoms with Gasteiger partial charge in [-0.1, -0.05) is 0 Å². The number of halogens is 2. The zero-order valence-electron chi connectivity index (χ0n) is 7.13. The molecule has 0 atom stereocenters. The van der Waals surface area contributed by atoms with Gasteiger partial charge in [0.1, 0.15) is 11.6 Å². The molecule has 0 heterocycles. The van der Waals surface area contributed by atoms with Crippen molar-refractivity contribution < 1.29 is 13.9 Å². The van der Waals surface area contributed by atoms with Crippen LogP contribution in [0.2, 0.25) is 0 Å². The summed E-state index contributed by atoms with van der Waals surface area (Å²) >= 11 is 0.883. The van der Waals surface area contributed by atoms with E-state index in [9.17, 15) is 8.78 Å². The molecule has 14 heavy (non-hydrogen) atoms. The van der Waals surface area contributed by atoms with Crippen LogP contribution in [0.3, 0.4) is 0 Å². The molecule has 1 aromatic carbocycles. The van der Waals surface area contributed by atoms with Crippen LogP contribution in [0.1, 0.15) is 5.56 Å². The van der Waals surface area contributed by atoms with Crippen LogP contribution in [0.5, 0.6) is 0 Å². The topological polar surface area (TPSA) is 44.0 Å². The highest BCUT2D eigenvalue weighted by molar-refractivity contribution is 7.99. The number of aliphatic hydroxyl groups is 1. The Balaban J connectivity index is 3.01. The lowest BCUT2D eigenvalue weighted by atomic mass is 10.2. The molecule has 2 nitrogen and oxygen atoms in total. The normalized spacial score (nSPS) is 9.86. The molecule has 0 spiro atoms. The smallest absolute Gasteiger partial charge is 0.141 e. The van der Waals surface area contributed by atoms with Crippen molar-refractivity contribution in [1.82, 2.24) is 0 Å². The van der Waals surface area contributed by atoms with E-state index >= 15 is 0 Å². The van der Waals surface area contributed by atoms with Crippen LogP contribution >= 0.6 is 11.8 Å². The van der Waals surface area contributed by atoms with Crippen LogP contribution in [0.25, 0.3) is 0 Å². The van der Waals surface area contributed by atoms with E-state index in [1.807, 2.05) is 0 Å². The number of nitrogens with zero attached hydrogens (tertiary/aromatic N) is 1. The number of nitriles is 1. The lowest BCUT2D eigenvalue weighted by Crippen LogP contribution is -1.93. The standard InChI is InChI=1S/C9H7F2NOS/c10-7-3-6(5-12)4-8(11)9(7)14-2-1-13/h3-4,13H,1-2H2. The van der Waals surface area contributed by atoms with Gasteiger partial charge in [-0.3, -0.25) is 0 Å². The molecule has 1 N–H and O–H groups in total. The van der Waals surface area contributed by atoms with Crippen molar-refractivity contribution in [3.8, 4) is 6.07 Å². The maximum atomic E-state index is 13.1. The first-order valence-corrected chi connectivity index (χ1v) is 4.80. The fourth-order valence-electron chi connectivity index (χ4n) is 0.910. The molecule has 0 aliphatic heterocycles. The molecule has 0 aliphatic carbocycles. The van der Waals surface area contributed by atoms with E-state index in [4.69, 9.17) is 10.4 Å². The largest absolute Gasteiger partial charge is 0.396 e. The number of aliphatic hydroxyl groups excluding tert-OH is 1. The van der Waals surface area contributed by atoms with Crippen LogP contribution < -0.4 is 0 Å². The first-order valence-electron chi connectivity index (χ1n) is 3.82. The predicted octanol–water partition coefficient (Wildman–Crippen LogP) is 1.92. The average Bonchev–Trinajstić information content (AvgIpc) is 2.16. The van der Waals surface area contributed by atoms with Gasteiger partial charge in [-0.2, -0.15) is 5.26 Å². The number of rotatable bonds is 3. The molecule has 0 aliphatic rings. The summed E-state index contributed by atoms with van der Waals surface area (Å²) in [6.45, 7) is -0.149. The summed E-state index contributed by atoms with van der Waals surface area (Å²) in [6.07, 6.45) is 0. The summed E-state index contributed by atoms with van der Waals surface area (Å²) in [4.78, 5) is -0.155. The van der Waals surface area contributed by atoms with Crippen LogP contribution in [-0.2, 0) is 0 Å². The SMILES string of the molecule is N#Cc1cc(F)c(SCCO)c(F)c1. The molecular formula is C9H7F2NOS. The third-order valence-corrected chi connectivity index (χ3v) is 2.53. The van der Waals surface area contributed by atoms with E-state index in [1.165, 1.54) is 0 Å². The summed E-state index contributed by atoms with van der Waals surface area (Å²) in [7, 11) is 0. The van der Waals surface area contributed by atoms with Gasteiger partial charge in [-0.15, -0.1) is 11.8 Å². The first kappa shape index (κ1) is 11.0. The monoisotopic (exact) mass is 215 g/mol. The molecule has 0 amide bonds. The van der Waals surface area contributed by atoms with Gasteiger partial charge in [0.25, 0.3) is 0 Å². The highest BCUT2D eigenvalue weighted by atomic mass is 32.2. The molecule has 1 aromatic rings. The Bertz CT molecular complexity index is 353. The summed E-state index contributed by atoms with van der Waals surface area (Å²) in [5.74, 6) is -1.31. The summed E-state index contributed by atoms with van der Waals surface area (Å²) < 4.78 is 26.3. The van der Waals surface area contributed by atoms with Crippen molar-refractivity contribution in [3.05, 3.63) is 29.3 Å². The lowest BCUT2D eigenvalue weighted by Gasteiger charge is -2.03. The van der Waals surface area contributed by atoms with Gasteiger partial charge in [-0.05, 0) is 12.1 Å². The highest BCUT2D eigenvalue weighted by Crippen LogP contribution is 2.25. The Hall–Kier alpha value is -1.12. The fraction of sp³-hybridized carbons (Fsp3) is 0.222. The Morgan fingerprint density at radius 1 is 1.36 bits per heavy atom. The second-order valence-electron chi connectivity index (χ2n) is 2.45. The van der Waals surface area contributed by atoms with E-state index in [-0.39, 0.29) is 22.8 Å². The predicted molar refractivity (Wildman–Crippen MR) is 48.9 cm³/mol. The average molecular weight is 215 g/mol. The van der Waals surface area contributed by atoms with Gasteiger partial charge in [0.15, 0.2) is 0 Å². The molecule has 0 saturated carbocycles. The molecule has 1 rings (SSSR count). The molecule has 0 radical (unpaired) electrons. The Kier molecular flexibility index (Phi) is 3.86. The van der Waals surface area contributed by atoms with Gasteiger partial charge in [0, 0.05) is 5.75 Å². The van der Waals surface area contributed by atoms with Crippen molar-refractivity contribution >= 4 is 11.8 Å². The van der Waals surface area contributed by atoms with Crippen molar-refractivity contribution in [2.75, 3.05) is 12.4 Å². The summed E-state index contributed by atoms with van der Waals surface area (Å²) in [5.41, 5.74) is -0.0478. The lowest BCUT2D eigenvalue weighted by molar-refractivity contribution is 0.322. The van der Waals surface area contributed by atoms with Gasteiger partial charge in [-0.25, -0.2) is 8.78 Å². The maximum absolute atomic E-state index is 13.1. The Labute approximate surface area is 84.2 Å². The maximum Gasteiger partial charge on any atom is 0.141 e. The van der Waals surface area contributed by atoms with E-state index < -0.39 is 11.6 Å². The molecule has 5 heteroatoms. The second-order valence-corrected chi connectivity index (χ2v) is 3.56. The molecule has 0 aromatic heterocycles. The Morgan fingerprint density at radius 3 is 2.36 bits per heavy atom. The highest BCUT2D eigenvalue weighted by Gasteiger charge is 2.11. The van der Waals surface area contributed by atoms with Gasteiger partial charge < -0.3 is 5.11 Å². The summed E-state index contributed by atoms with van der Waals surface area (Å²) in [6, 6.07) is 3.60. The van der Waals surface area contributed by atoms with Crippen LogP contribution in [0.4, 0.5) is 8.78 Å². The van der Waals surface area contributed by atoms with Crippen molar-refractivity contribution in [1.29, 1.82) is 5.26 Å². The Morgan fingerprint density at radius 2 is 1.93 bits per heavy atom.